The summed E-state index contributed by atoms with van der Waals surface area (Å²) in [6.07, 6.45) is 10.1. The molecule has 0 radical (unpaired) electrons. The molecule has 4 aromatic heterocycles. The zero-order chi connectivity index (χ0) is 35.3. The lowest BCUT2D eigenvalue weighted by Gasteiger charge is -2.24. The second-order valence-electron chi connectivity index (χ2n) is 13.7. The zero-order valence-electron chi connectivity index (χ0n) is 29.1. The number of benzene rings is 1. The average molecular weight is 730 g/mol. The second kappa shape index (κ2) is 13.8. The SMILES string of the molecule is CN(C)C(=O)C1CCc2c(sc3ncnc(Cl)c23)C1.CN(C)C(=O)C1CCc2c(sc3ncnc(Nc4cc5c(cc4N(C)C)CN=C5)c23)C1. The lowest BCUT2D eigenvalue weighted by molar-refractivity contribution is -0.134. The molecule has 8 rings (SSSR count). The Morgan fingerprint density at radius 1 is 0.800 bits per heavy atom. The monoisotopic (exact) mass is 729 g/mol. The van der Waals surface area contributed by atoms with Gasteiger partial charge in [0.2, 0.25) is 11.8 Å². The number of amides is 2. The molecule has 5 aromatic rings. The molecule has 2 unspecified atom stereocenters. The molecule has 0 bridgehead atoms. The number of carbonyl (C=O) groups excluding carboxylic acids is 2. The first-order chi connectivity index (χ1) is 24.0. The van der Waals surface area contributed by atoms with E-state index in [-0.39, 0.29) is 23.7 Å². The van der Waals surface area contributed by atoms with Crippen molar-refractivity contribution in [3.8, 4) is 0 Å². The summed E-state index contributed by atoms with van der Waals surface area (Å²) in [5.41, 5.74) is 7.04. The number of aromatic nitrogens is 4. The van der Waals surface area contributed by atoms with Crippen LogP contribution in [0, 0.1) is 11.8 Å². The molecule has 1 aliphatic heterocycles. The molecule has 2 amide bonds. The van der Waals surface area contributed by atoms with Crippen LogP contribution in [0.5, 0.6) is 0 Å². The molecule has 14 heteroatoms. The first-order valence-electron chi connectivity index (χ1n) is 16.7. The molecule has 5 heterocycles. The number of halogens is 1. The van der Waals surface area contributed by atoms with E-state index in [4.69, 9.17) is 11.6 Å². The van der Waals surface area contributed by atoms with Gasteiger partial charge in [0.15, 0.2) is 0 Å². The highest BCUT2D eigenvalue weighted by Gasteiger charge is 2.31. The van der Waals surface area contributed by atoms with Gasteiger partial charge in [-0.05, 0) is 72.9 Å². The topological polar surface area (TPSA) is 120 Å². The normalized spacial score (nSPS) is 17.4. The van der Waals surface area contributed by atoms with E-state index in [9.17, 15) is 9.59 Å². The van der Waals surface area contributed by atoms with Crippen molar-refractivity contribution in [3.05, 3.63) is 61.9 Å². The number of hydrogen-bond acceptors (Lipinski definition) is 11. The predicted molar refractivity (Wildman–Crippen MR) is 204 cm³/mol. The zero-order valence-corrected chi connectivity index (χ0v) is 31.5. The summed E-state index contributed by atoms with van der Waals surface area (Å²) in [7, 11) is 11.4. The van der Waals surface area contributed by atoms with Gasteiger partial charge in [-0.1, -0.05) is 11.6 Å². The summed E-state index contributed by atoms with van der Waals surface area (Å²) >= 11 is 9.50. The van der Waals surface area contributed by atoms with Gasteiger partial charge in [-0.2, -0.15) is 0 Å². The van der Waals surface area contributed by atoms with Crippen molar-refractivity contribution >= 4 is 89.9 Å². The predicted octanol–water partition coefficient (Wildman–Crippen LogP) is 6.16. The van der Waals surface area contributed by atoms with Gasteiger partial charge in [-0.3, -0.25) is 14.6 Å². The van der Waals surface area contributed by atoms with E-state index >= 15 is 0 Å². The van der Waals surface area contributed by atoms with Gasteiger partial charge in [-0.25, -0.2) is 19.9 Å². The molecular formula is C36H40ClN9O2S2. The van der Waals surface area contributed by atoms with Crippen LogP contribution in [0.25, 0.3) is 20.4 Å². The molecule has 0 saturated carbocycles. The molecule has 0 fully saturated rings. The van der Waals surface area contributed by atoms with Gasteiger partial charge in [-0.15, -0.1) is 22.7 Å². The Bertz CT molecular complexity index is 2160. The molecule has 0 saturated heterocycles. The third kappa shape index (κ3) is 6.42. The van der Waals surface area contributed by atoms with E-state index in [0.29, 0.717) is 5.15 Å². The Hall–Kier alpha value is -4.20. The van der Waals surface area contributed by atoms with Crippen molar-refractivity contribution in [1.82, 2.24) is 29.7 Å². The number of hydrogen-bond donors (Lipinski definition) is 1. The Balaban J connectivity index is 0.000000176. The molecule has 1 aromatic carbocycles. The first-order valence-corrected chi connectivity index (χ1v) is 18.7. The number of aliphatic imine (C=N–C) groups is 1. The molecule has 1 N–H and O–H groups in total. The minimum Gasteiger partial charge on any atom is -0.376 e. The number of carbonyl (C=O) groups is 2. The average Bonchev–Trinajstić information content (AvgIpc) is 3.82. The molecule has 11 nitrogen and oxygen atoms in total. The van der Waals surface area contributed by atoms with Crippen LogP contribution in [-0.4, -0.2) is 90.1 Å². The van der Waals surface area contributed by atoms with Crippen molar-refractivity contribution in [2.75, 3.05) is 52.5 Å². The third-order valence-corrected chi connectivity index (χ3v) is 12.3. The van der Waals surface area contributed by atoms with Crippen LogP contribution < -0.4 is 10.2 Å². The van der Waals surface area contributed by atoms with Crippen molar-refractivity contribution in [3.63, 3.8) is 0 Å². The lowest BCUT2D eigenvalue weighted by atomic mass is 9.87. The van der Waals surface area contributed by atoms with Gasteiger partial charge < -0.3 is 20.0 Å². The van der Waals surface area contributed by atoms with Crippen molar-refractivity contribution in [2.45, 2.75) is 45.1 Å². The Labute approximate surface area is 304 Å². The van der Waals surface area contributed by atoms with Gasteiger partial charge in [0, 0.05) is 70.1 Å². The number of anilines is 3. The van der Waals surface area contributed by atoms with E-state index < -0.39 is 0 Å². The highest BCUT2D eigenvalue weighted by Crippen LogP contribution is 2.42. The highest BCUT2D eigenvalue weighted by molar-refractivity contribution is 7.19. The Morgan fingerprint density at radius 3 is 1.98 bits per heavy atom. The van der Waals surface area contributed by atoms with Gasteiger partial charge in [0.1, 0.15) is 33.3 Å². The smallest absolute Gasteiger partial charge is 0.225 e. The van der Waals surface area contributed by atoms with E-state index in [0.717, 1.165) is 88.3 Å². The van der Waals surface area contributed by atoms with E-state index in [1.807, 2.05) is 48.5 Å². The van der Waals surface area contributed by atoms with E-state index in [2.05, 4.69) is 47.3 Å². The van der Waals surface area contributed by atoms with E-state index in [1.54, 1.807) is 38.8 Å². The van der Waals surface area contributed by atoms with Crippen LogP contribution in [-0.2, 0) is 41.8 Å². The van der Waals surface area contributed by atoms with Crippen LogP contribution >= 0.6 is 34.3 Å². The quantitative estimate of drug-likeness (QED) is 0.214. The fraction of sp³-hybridized carbons (Fsp3) is 0.417. The molecule has 2 atom stereocenters. The summed E-state index contributed by atoms with van der Waals surface area (Å²) < 4.78 is 0. The Morgan fingerprint density at radius 2 is 1.38 bits per heavy atom. The fourth-order valence-corrected chi connectivity index (χ4v) is 10.0. The highest BCUT2D eigenvalue weighted by atomic mass is 35.5. The molecule has 50 heavy (non-hydrogen) atoms. The largest absolute Gasteiger partial charge is 0.376 e. The van der Waals surface area contributed by atoms with Crippen LogP contribution in [0.4, 0.5) is 17.2 Å². The minimum absolute atomic E-state index is 0.0521. The number of rotatable bonds is 5. The van der Waals surface area contributed by atoms with Crippen molar-refractivity contribution < 1.29 is 9.59 Å². The number of nitrogens with one attached hydrogen (secondary N) is 1. The summed E-state index contributed by atoms with van der Waals surface area (Å²) in [6.45, 7) is 0.735. The van der Waals surface area contributed by atoms with Gasteiger partial charge in [0.05, 0.1) is 28.7 Å². The third-order valence-electron chi connectivity index (χ3n) is 9.71. The maximum atomic E-state index is 12.5. The Kier molecular flexibility index (Phi) is 9.48. The molecule has 260 valence electrons. The van der Waals surface area contributed by atoms with Gasteiger partial charge in [0.25, 0.3) is 0 Å². The maximum absolute atomic E-state index is 12.5. The van der Waals surface area contributed by atoms with Crippen molar-refractivity contribution in [2.24, 2.45) is 16.8 Å². The first kappa shape index (κ1) is 34.3. The fourth-order valence-electron chi connectivity index (χ4n) is 7.17. The van der Waals surface area contributed by atoms with Gasteiger partial charge >= 0.3 is 0 Å². The summed E-state index contributed by atoms with van der Waals surface area (Å²) in [4.78, 5) is 56.4. The number of nitrogens with zero attached hydrogens (tertiary/aromatic N) is 8. The second-order valence-corrected chi connectivity index (χ2v) is 16.2. The van der Waals surface area contributed by atoms with E-state index in [1.165, 1.54) is 32.8 Å². The van der Waals surface area contributed by atoms with Crippen LogP contribution in [0.15, 0.2) is 29.8 Å². The van der Waals surface area contributed by atoms with Crippen molar-refractivity contribution in [1.29, 1.82) is 0 Å². The molecule has 0 spiro atoms. The minimum atomic E-state index is 0.0521. The lowest BCUT2D eigenvalue weighted by Crippen LogP contribution is -2.32. The standard InChI is InChI=1S/C23H26N6OS.C13H14ClN3OS/c1-28(2)18-8-15-11-24-10-14(15)7-17(18)27-21-20-16-6-5-13(23(30)29(3)4)9-19(16)31-22(20)26-12-25-21;1-17(2)13(18)7-3-4-8-9(5-7)19-12-10(8)11(14)15-6-16-12/h7-8,10,12-13H,5-6,9,11H2,1-4H3,(H,25,26,27);6-7H,3-5H2,1-2H3. The number of fused-ring (bicyclic) bond motifs is 7. The molecule has 2 aliphatic carbocycles. The molecule has 3 aliphatic rings. The summed E-state index contributed by atoms with van der Waals surface area (Å²) in [5.74, 6) is 1.39. The molecular weight excluding hydrogens is 690 g/mol. The number of thiophene rings is 2. The summed E-state index contributed by atoms with van der Waals surface area (Å²) in [6, 6.07) is 4.35. The van der Waals surface area contributed by atoms with Crippen LogP contribution in [0.3, 0.4) is 0 Å². The summed E-state index contributed by atoms with van der Waals surface area (Å²) in [5, 5.41) is 6.20. The van der Waals surface area contributed by atoms with Crippen LogP contribution in [0.2, 0.25) is 5.15 Å². The van der Waals surface area contributed by atoms with Crippen LogP contribution in [0.1, 0.15) is 44.8 Å². The number of aryl methyl sites for hydroxylation is 2. The maximum Gasteiger partial charge on any atom is 0.225 e.